The van der Waals surface area contributed by atoms with Crippen LogP contribution in [0, 0.1) is 12.8 Å². The van der Waals surface area contributed by atoms with Crippen LogP contribution in [0.1, 0.15) is 43.7 Å². The molecule has 0 amide bonds. The molecule has 0 aromatic heterocycles. The van der Waals surface area contributed by atoms with Crippen LogP contribution < -0.4 is 0 Å². The van der Waals surface area contributed by atoms with Gasteiger partial charge < -0.3 is 9.84 Å². The number of benzene rings is 1. The molecule has 0 unspecified atom stereocenters. The number of hydrogen-bond acceptors (Lipinski definition) is 3. The summed E-state index contributed by atoms with van der Waals surface area (Å²) in [5.41, 5.74) is 2.13. The number of rotatable bonds is 2. The summed E-state index contributed by atoms with van der Waals surface area (Å²) in [6.07, 6.45) is 3.47. The molecule has 19 heavy (non-hydrogen) atoms. The summed E-state index contributed by atoms with van der Waals surface area (Å²) in [5, 5.41) is 10.1. The van der Waals surface area contributed by atoms with Crippen LogP contribution in [0.3, 0.4) is 0 Å². The van der Waals surface area contributed by atoms with Crippen LogP contribution in [0.2, 0.25) is 0 Å². The van der Waals surface area contributed by atoms with E-state index in [-0.39, 0.29) is 17.3 Å². The molecule has 1 aromatic rings. The second-order valence-corrected chi connectivity index (χ2v) is 5.88. The van der Waals surface area contributed by atoms with E-state index in [9.17, 15) is 9.90 Å². The molecule has 0 heterocycles. The Morgan fingerprint density at radius 2 is 2.00 bits per heavy atom. The van der Waals surface area contributed by atoms with Crippen molar-refractivity contribution in [3.63, 3.8) is 0 Å². The van der Waals surface area contributed by atoms with Gasteiger partial charge in [0.25, 0.3) is 0 Å². The smallest absolute Gasteiger partial charge is 0.308 e. The lowest BCUT2D eigenvalue weighted by atomic mass is 9.67. The highest BCUT2D eigenvalue weighted by molar-refractivity contribution is 5.72. The fraction of sp³-hybridized carbons (Fsp3) is 0.562. The number of hydrogen-bond donors (Lipinski definition) is 1. The van der Waals surface area contributed by atoms with Crippen molar-refractivity contribution in [1.82, 2.24) is 0 Å². The average molecular weight is 262 g/mol. The summed E-state index contributed by atoms with van der Waals surface area (Å²) in [5.74, 6) is 0.283. The standard InChI is InChI=1S/C16H22O3/c1-11-4-5-14(17)13(10-11)16(2)8-6-12(7-9-16)15(18)19-3/h4-5,10,12,17H,6-9H2,1-3H3/t12-,16+. The van der Waals surface area contributed by atoms with Crippen molar-refractivity contribution in [3.8, 4) is 5.75 Å². The molecule has 0 atom stereocenters. The number of esters is 1. The van der Waals surface area contributed by atoms with Gasteiger partial charge in [-0.2, -0.15) is 0 Å². The molecule has 1 N–H and O–H groups in total. The average Bonchev–Trinajstić information content (AvgIpc) is 2.41. The summed E-state index contributed by atoms with van der Waals surface area (Å²) >= 11 is 0. The molecule has 0 saturated heterocycles. The fourth-order valence-corrected chi connectivity index (χ4v) is 3.06. The first-order valence-corrected chi connectivity index (χ1v) is 6.84. The number of carbonyl (C=O) groups excluding carboxylic acids is 1. The second-order valence-electron chi connectivity index (χ2n) is 5.88. The van der Waals surface area contributed by atoms with Crippen molar-refractivity contribution in [3.05, 3.63) is 29.3 Å². The van der Waals surface area contributed by atoms with E-state index < -0.39 is 0 Å². The van der Waals surface area contributed by atoms with E-state index in [1.807, 2.05) is 13.0 Å². The van der Waals surface area contributed by atoms with E-state index in [2.05, 4.69) is 13.0 Å². The topological polar surface area (TPSA) is 46.5 Å². The zero-order valence-corrected chi connectivity index (χ0v) is 11.9. The molecule has 0 aliphatic heterocycles. The zero-order valence-electron chi connectivity index (χ0n) is 11.9. The number of aryl methyl sites for hydroxylation is 1. The normalized spacial score (nSPS) is 27.0. The molecule has 1 aliphatic carbocycles. The van der Waals surface area contributed by atoms with Crippen molar-refractivity contribution >= 4 is 5.97 Å². The van der Waals surface area contributed by atoms with Gasteiger partial charge in [-0.1, -0.05) is 24.6 Å². The van der Waals surface area contributed by atoms with Crippen molar-refractivity contribution < 1.29 is 14.6 Å². The highest BCUT2D eigenvalue weighted by Gasteiger charge is 2.37. The number of ether oxygens (including phenoxy) is 1. The quantitative estimate of drug-likeness (QED) is 0.832. The highest BCUT2D eigenvalue weighted by Crippen LogP contribution is 2.44. The van der Waals surface area contributed by atoms with Gasteiger partial charge in [-0.05, 0) is 44.1 Å². The van der Waals surface area contributed by atoms with Gasteiger partial charge in [0.15, 0.2) is 0 Å². The molecule has 0 radical (unpaired) electrons. The number of methoxy groups -OCH3 is 1. The summed E-state index contributed by atoms with van der Waals surface area (Å²) < 4.78 is 4.82. The maximum atomic E-state index is 11.6. The Hall–Kier alpha value is -1.51. The van der Waals surface area contributed by atoms with E-state index >= 15 is 0 Å². The molecule has 0 bridgehead atoms. The van der Waals surface area contributed by atoms with Crippen LogP contribution in [0.15, 0.2) is 18.2 Å². The van der Waals surface area contributed by atoms with Crippen molar-refractivity contribution in [2.45, 2.75) is 44.9 Å². The van der Waals surface area contributed by atoms with Crippen LogP contribution in [-0.2, 0) is 14.9 Å². The number of phenolic OH excluding ortho intramolecular Hbond substituents is 1. The van der Waals surface area contributed by atoms with Crippen LogP contribution in [0.4, 0.5) is 0 Å². The van der Waals surface area contributed by atoms with Gasteiger partial charge in [0, 0.05) is 5.56 Å². The van der Waals surface area contributed by atoms with Gasteiger partial charge >= 0.3 is 5.97 Å². The Bertz CT molecular complexity index is 471. The zero-order chi connectivity index (χ0) is 14.0. The predicted octanol–water partition coefficient (Wildman–Crippen LogP) is 3.32. The summed E-state index contributed by atoms with van der Waals surface area (Å²) in [6.45, 7) is 4.21. The van der Waals surface area contributed by atoms with Crippen LogP contribution >= 0.6 is 0 Å². The first kappa shape index (κ1) is 13.9. The molecule has 3 heteroatoms. The molecule has 1 aliphatic rings. The minimum absolute atomic E-state index is 0.0185. The molecule has 104 valence electrons. The Labute approximate surface area is 114 Å². The van der Waals surface area contributed by atoms with E-state index in [1.165, 1.54) is 7.11 Å². The Morgan fingerprint density at radius 3 is 2.58 bits per heavy atom. The van der Waals surface area contributed by atoms with E-state index in [1.54, 1.807) is 6.07 Å². The third kappa shape index (κ3) is 2.75. The van der Waals surface area contributed by atoms with Gasteiger partial charge in [0.05, 0.1) is 13.0 Å². The SMILES string of the molecule is COC(=O)[C@H]1CC[C@@](C)(c2cc(C)ccc2O)CC1. The largest absolute Gasteiger partial charge is 0.508 e. The lowest BCUT2D eigenvalue weighted by molar-refractivity contribution is -0.146. The van der Waals surface area contributed by atoms with Gasteiger partial charge in [0.1, 0.15) is 5.75 Å². The third-order valence-electron chi connectivity index (χ3n) is 4.43. The van der Waals surface area contributed by atoms with E-state index in [0.29, 0.717) is 5.75 Å². The maximum Gasteiger partial charge on any atom is 0.308 e. The molecular formula is C16H22O3. The van der Waals surface area contributed by atoms with Crippen molar-refractivity contribution in [1.29, 1.82) is 0 Å². The lowest BCUT2D eigenvalue weighted by Gasteiger charge is -2.37. The first-order valence-electron chi connectivity index (χ1n) is 6.84. The third-order valence-corrected chi connectivity index (χ3v) is 4.43. The van der Waals surface area contributed by atoms with E-state index in [0.717, 1.165) is 36.8 Å². The number of aromatic hydroxyl groups is 1. The second kappa shape index (κ2) is 5.24. The predicted molar refractivity (Wildman–Crippen MR) is 74.2 cm³/mol. The van der Waals surface area contributed by atoms with Gasteiger partial charge in [-0.25, -0.2) is 0 Å². The van der Waals surface area contributed by atoms with Gasteiger partial charge in [0.2, 0.25) is 0 Å². The minimum Gasteiger partial charge on any atom is -0.508 e. The van der Waals surface area contributed by atoms with Crippen molar-refractivity contribution in [2.75, 3.05) is 7.11 Å². The Balaban J connectivity index is 2.17. The molecule has 1 saturated carbocycles. The van der Waals surface area contributed by atoms with Crippen LogP contribution in [-0.4, -0.2) is 18.2 Å². The summed E-state index contributed by atoms with van der Waals surface area (Å²) in [6, 6.07) is 5.75. The summed E-state index contributed by atoms with van der Waals surface area (Å²) in [7, 11) is 1.45. The fourth-order valence-electron chi connectivity index (χ4n) is 3.06. The van der Waals surface area contributed by atoms with Gasteiger partial charge in [-0.15, -0.1) is 0 Å². The molecular weight excluding hydrogens is 240 g/mol. The van der Waals surface area contributed by atoms with E-state index in [4.69, 9.17) is 4.74 Å². The Morgan fingerprint density at radius 1 is 1.37 bits per heavy atom. The van der Waals surface area contributed by atoms with Crippen LogP contribution in [0.5, 0.6) is 5.75 Å². The summed E-state index contributed by atoms with van der Waals surface area (Å²) in [4.78, 5) is 11.6. The van der Waals surface area contributed by atoms with Crippen molar-refractivity contribution in [2.24, 2.45) is 5.92 Å². The number of carbonyl (C=O) groups is 1. The first-order chi connectivity index (χ1) is 8.96. The molecule has 0 spiro atoms. The van der Waals surface area contributed by atoms with Crippen LogP contribution in [0.25, 0.3) is 0 Å². The molecule has 1 fully saturated rings. The highest BCUT2D eigenvalue weighted by atomic mass is 16.5. The molecule has 1 aromatic carbocycles. The molecule has 2 rings (SSSR count). The lowest BCUT2D eigenvalue weighted by Crippen LogP contribution is -2.32. The molecule has 3 nitrogen and oxygen atoms in total. The monoisotopic (exact) mass is 262 g/mol. The Kier molecular flexibility index (Phi) is 3.83. The minimum atomic E-state index is -0.101. The maximum absolute atomic E-state index is 11.6. The number of phenols is 1. The van der Waals surface area contributed by atoms with Gasteiger partial charge in [-0.3, -0.25) is 4.79 Å².